The lowest BCUT2D eigenvalue weighted by Crippen LogP contribution is -2.32. The summed E-state index contributed by atoms with van der Waals surface area (Å²) in [4.78, 5) is 34.2. The third kappa shape index (κ3) is 4.35. The number of amides is 1. The van der Waals surface area contributed by atoms with Crippen molar-refractivity contribution in [2.24, 2.45) is 5.92 Å². The summed E-state index contributed by atoms with van der Waals surface area (Å²) in [5.41, 5.74) is 2.82. The summed E-state index contributed by atoms with van der Waals surface area (Å²) >= 11 is 0. The lowest BCUT2D eigenvalue weighted by Gasteiger charge is -2.23. The van der Waals surface area contributed by atoms with E-state index in [1.165, 1.54) is 19.3 Å². The Morgan fingerprint density at radius 3 is 2.57 bits per heavy atom. The third-order valence-electron chi connectivity index (χ3n) is 5.72. The molecule has 0 saturated heterocycles. The average Bonchev–Trinajstić information content (AvgIpc) is 2.80. The van der Waals surface area contributed by atoms with Gasteiger partial charge in [-0.3, -0.25) is 14.2 Å². The van der Waals surface area contributed by atoms with Gasteiger partial charge in [-0.15, -0.1) is 0 Å². The maximum absolute atomic E-state index is 13.3. The Balaban J connectivity index is 1.79. The van der Waals surface area contributed by atoms with Crippen molar-refractivity contribution in [3.8, 4) is 11.3 Å². The van der Waals surface area contributed by atoms with Crippen molar-refractivity contribution in [1.82, 2.24) is 19.9 Å². The number of rotatable bonds is 6. The molecule has 0 aliphatic heterocycles. The predicted octanol–water partition coefficient (Wildman–Crippen LogP) is 3.20. The largest absolute Gasteiger partial charge is 0.358 e. The van der Waals surface area contributed by atoms with Crippen molar-refractivity contribution in [2.45, 2.75) is 38.6 Å². The molecule has 1 aliphatic carbocycles. The Hall–Kier alpha value is -3.22. The van der Waals surface area contributed by atoms with Crippen LogP contribution in [0.5, 0.6) is 0 Å². The van der Waals surface area contributed by atoms with Crippen LogP contribution in [0.25, 0.3) is 22.4 Å². The SMILES string of the molecule is CNC(=O)CNc1nc2ccc(-c3ccccc3)nc2n(CC2CCCCC2)c1=O. The Morgan fingerprint density at radius 2 is 1.83 bits per heavy atom. The maximum atomic E-state index is 13.3. The zero-order valence-electron chi connectivity index (χ0n) is 17.2. The molecule has 7 nitrogen and oxygen atoms in total. The van der Waals surface area contributed by atoms with Gasteiger partial charge in [-0.05, 0) is 30.9 Å². The lowest BCUT2D eigenvalue weighted by molar-refractivity contribution is -0.118. The van der Waals surface area contributed by atoms with Crippen molar-refractivity contribution in [3.63, 3.8) is 0 Å². The minimum Gasteiger partial charge on any atom is -0.358 e. The van der Waals surface area contributed by atoms with E-state index in [0.717, 1.165) is 24.1 Å². The molecule has 0 atom stereocenters. The first-order valence-corrected chi connectivity index (χ1v) is 10.6. The molecule has 1 saturated carbocycles. The number of aromatic nitrogens is 3. The number of hydrogen-bond donors (Lipinski definition) is 2. The molecule has 3 aromatic rings. The molecule has 1 aliphatic rings. The second kappa shape index (κ2) is 9.07. The summed E-state index contributed by atoms with van der Waals surface area (Å²) in [6, 6.07) is 13.7. The van der Waals surface area contributed by atoms with Crippen LogP contribution in [0.4, 0.5) is 5.82 Å². The molecule has 0 spiro atoms. The number of hydrogen-bond acceptors (Lipinski definition) is 5. The highest BCUT2D eigenvalue weighted by molar-refractivity contribution is 5.81. The number of nitrogens with zero attached hydrogens (tertiary/aromatic N) is 3. The van der Waals surface area contributed by atoms with Crippen molar-refractivity contribution >= 4 is 22.9 Å². The van der Waals surface area contributed by atoms with Crippen molar-refractivity contribution in [1.29, 1.82) is 0 Å². The normalized spacial score (nSPS) is 14.6. The molecule has 7 heteroatoms. The van der Waals surface area contributed by atoms with Gasteiger partial charge in [0.15, 0.2) is 11.5 Å². The number of carbonyl (C=O) groups is 1. The summed E-state index contributed by atoms with van der Waals surface area (Å²) in [7, 11) is 1.56. The molecule has 1 aromatic carbocycles. The fourth-order valence-corrected chi connectivity index (χ4v) is 4.05. The number of carbonyl (C=O) groups excluding carboxylic acids is 1. The summed E-state index contributed by atoms with van der Waals surface area (Å²) < 4.78 is 1.75. The van der Waals surface area contributed by atoms with Gasteiger partial charge < -0.3 is 10.6 Å². The number of pyridine rings is 1. The Morgan fingerprint density at radius 1 is 1.07 bits per heavy atom. The summed E-state index contributed by atoms with van der Waals surface area (Å²) in [6.45, 7) is 0.626. The Labute approximate surface area is 175 Å². The highest BCUT2D eigenvalue weighted by Crippen LogP contribution is 2.26. The Bertz CT molecular complexity index is 1090. The molecular formula is C23H27N5O2. The van der Waals surface area contributed by atoms with Gasteiger partial charge in [-0.25, -0.2) is 9.97 Å². The lowest BCUT2D eigenvalue weighted by atomic mass is 9.89. The van der Waals surface area contributed by atoms with Gasteiger partial charge in [0, 0.05) is 19.2 Å². The van der Waals surface area contributed by atoms with Gasteiger partial charge in [0.2, 0.25) is 5.91 Å². The fourth-order valence-electron chi connectivity index (χ4n) is 4.05. The molecule has 0 bridgehead atoms. The molecule has 2 heterocycles. The van der Waals surface area contributed by atoms with E-state index in [0.29, 0.717) is 23.6 Å². The van der Waals surface area contributed by atoms with Gasteiger partial charge in [0.05, 0.1) is 12.2 Å². The topological polar surface area (TPSA) is 88.9 Å². The van der Waals surface area contributed by atoms with Crippen LogP contribution in [0.1, 0.15) is 32.1 Å². The number of nitrogens with one attached hydrogen (secondary N) is 2. The second-order valence-corrected chi connectivity index (χ2v) is 7.81. The number of likely N-dealkylation sites (N-methyl/N-ethyl adjacent to an activating group) is 1. The highest BCUT2D eigenvalue weighted by atomic mass is 16.2. The first kappa shape index (κ1) is 20.1. The molecule has 1 amide bonds. The predicted molar refractivity (Wildman–Crippen MR) is 118 cm³/mol. The fraction of sp³-hybridized carbons (Fsp3) is 0.391. The number of benzene rings is 1. The van der Waals surface area contributed by atoms with Gasteiger partial charge in [0.25, 0.3) is 5.56 Å². The molecule has 156 valence electrons. The van der Waals surface area contributed by atoms with Crippen LogP contribution in [-0.2, 0) is 11.3 Å². The van der Waals surface area contributed by atoms with Crippen LogP contribution in [-0.4, -0.2) is 34.0 Å². The Kier molecular flexibility index (Phi) is 6.07. The minimum absolute atomic E-state index is 0.00318. The van der Waals surface area contributed by atoms with Gasteiger partial charge in [-0.1, -0.05) is 49.6 Å². The van der Waals surface area contributed by atoms with E-state index in [1.807, 2.05) is 42.5 Å². The molecule has 0 unspecified atom stereocenters. The monoisotopic (exact) mass is 405 g/mol. The zero-order valence-corrected chi connectivity index (χ0v) is 17.2. The summed E-state index contributed by atoms with van der Waals surface area (Å²) in [5, 5.41) is 5.44. The molecule has 4 rings (SSSR count). The van der Waals surface area contributed by atoms with Crippen molar-refractivity contribution in [2.75, 3.05) is 18.9 Å². The van der Waals surface area contributed by atoms with E-state index in [2.05, 4.69) is 15.6 Å². The zero-order chi connectivity index (χ0) is 20.9. The van der Waals surface area contributed by atoms with Gasteiger partial charge in [0.1, 0.15) is 5.52 Å². The van der Waals surface area contributed by atoms with E-state index < -0.39 is 0 Å². The smallest absolute Gasteiger partial charge is 0.294 e. The summed E-state index contributed by atoms with van der Waals surface area (Å²) in [5.74, 6) is 0.444. The van der Waals surface area contributed by atoms with Gasteiger partial charge >= 0.3 is 0 Å². The van der Waals surface area contributed by atoms with Gasteiger partial charge in [-0.2, -0.15) is 0 Å². The van der Waals surface area contributed by atoms with Crippen LogP contribution in [0.3, 0.4) is 0 Å². The van der Waals surface area contributed by atoms with Crippen molar-refractivity contribution in [3.05, 3.63) is 52.8 Å². The van der Waals surface area contributed by atoms with Crippen LogP contribution in [0.15, 0.2) is 47.3 Å². The molecule has 1 fully saturated rings. The van der Waals surface area contributed by atoms with E-state index in [9.17, 15) is 9.59 Å². The van der Waals surface area contributed by atoms with Crippen molar-refractivity contribution < 1.29 is 4.79 Å². The minimum atomic E-state index is -0.227. The summed E-state index contributed by atoms with van der Waals surface area (Å²) in [6.07, 6.45) is 5.91. The van der Waals surface area contributed by atoms with E-state index in [4.69, 9.17) is 4.98 Å². The maximum Gasteiger partial charge on any atom is 0.294 e. The molecule has 30 heavy (non-hydrogen) atoms. The number of fused-ring (bicyclic) bond motifs is 1. The molecule has 0 radical (unpaired) electrons. The quantitative estimate of drug-likeness (QED) is 0.657. The molecular weight excluding hydrogens is 378 g/mol. The van der Waals surface area contributed by atoms with E-state index in [-0.39, 0.29) is 23.8 Å². The highest BCUT2D eigenvalue weighted by Gasteiger charge is 2.19. The molecule has 2 N–H and O–H groups in total. The standard InChI is InChI=1S/C23H27N5O2/c1-24-20(29)14-25-21-23(30)28(15-16-8-4-2-5-9-16)22-19(26-21)13-12-18(27-22)17-10-6-3-7-11-17/h3,6-7,10-13,16H,2,4-5,8-9,14-15H2,1H3,(H,24,29)(H,25,26). The third-order valence-corrected chi connectivity index (χ3v) is 5.72. The van der Waals surface area contributed by atoms with Crippen LogP contribution in [0, 0.1) is 5.92 Å². The molecule has 2 aromatic heterocycles. The van der Waals surface area contributed by atoms with Crippen LogP contribution >= 0.6 is 0 Å². The van der Waals surface area contributed by atoms with Crippen LogP contribution < -0.4 is 16.2 Å². The first-order valence-electron chi connectivity index (χ1n) is 10.6. The first-order chi connectivity index (χ1) is 14.7. The average molecular weight is 406 g/mol. The second-order valence-electron chi connectivity index (χ2n) is 7.81. The van der Waals surface area contributed by atoms with E-state index >= 15 is 0 Å². The van der Waals surface area contributed by atoms with Crippen LogP contribution in [0.2, 0.25) is 0 Å². The van der Waals surface area contributed by atoms with E-state index in [1.54, 1.807) is 11.6 Å². The number of anilines is 1.